The summed E-state index contributed by atoms with van der Waals surface area (Å²) in [4.78, 5) is 0. The molecule has 2 nitrogen and oxygen atoms in total. The van der Waals surface area contributed by atoms with Crippen LogP contribution in [-0.4, -0.2) is 30.7 Å². The molecule has 18 heavy (non-hydrogen) atoms. The Balaban J connectivity index is 2.48. The van der Waals surface area contributed by atoms with Gasteiger partial charge in [0.1, 0.15) is 0 Å². The molecule has 0 atom stereocenters. The Morgan fingerprint density at radius 2 is 0.944 bits per heavy atom. The molecule has 4 heteroatoms. The summed E-state index contributed by atoms with van der Waals surface area (Å²) < 4.78 is 11.8. The average molecular weight is 283 g/mol. The van der Waals surface area contributed by atoms with Crippen molar-refractivity contribution < 1.29 is 8.85 Å². The SMILES string of the molecule is CC(C)(C)O[SiH2]c1ccc([SiH2]OC(C)(C)C)cc1. The van der Waals surface area contributed by atoms with E-state index in [0.717, 1.165) is 0 Å². The molecular formula is C14H26O2Si2. The number of benzene rings is 1. The summed E-state index contributed by atoms with van der Waals surface area (Å²) in [5.41, 5.74) is -0.0377. The van der Waals surface area contributed by atoms with Crippen molar-refractivity contribution in [3.05, 3.63) is 24.3 Å². The first-order valence-electron chi connectivity index (χ1n) is 6.51. The van der Waals surface area contributed by atoms with Crippen LogP contribution in [0.2, 0.25) is 0 Å². The topological polar surface area (TPSA) is 18.5 Å². The lowest BCUT2D eigenvalue weighted by Gasteiger charge is -2.21. The molecule has 0 heterocycles. The second kappa shape index (κ2) is 6.15. The van der Waals surface area contributed by atoms with Gasteiger partial charge in [-0.15, -0.1) is 0 Å². The van der Waals surface area contributed by atoms with E-state index in [4.69, 9.17) is 8.85 Å². The summed E-state index contributed by atoms with van der Waals surface area (Å²) in [7, 11) is -1.20. The normalized spacial score (nSPS) is 14.1. The van der Waals surface area contributed by atoms with Gasteiger partial charge >= 0.3 is 0 Å². The third kappa shape index (κ3) is 7.11. The summed E-state index contributed by atoms with van der Waals surface area (Å²) in [5, 5.41) is 2.72. The van der Waals surface area contributed by atoms with Crippen molar-refractivity contribution in [1.82, 2.24) is 0 Å². The largest absolute Gasteiger partial charge is 0.414 e. The summed E-state index contributed by atoms with van der Waals surface area (Å²) in [6.07, 6.45) is 0. The summed E-state index contributed by atoms with van der Waals surface area (Å²) in [5.74, 6) is 0. The van der Waals surface area contributed by atoms with Crippen LogP contribution in [0.15, 0.2) is 24.3 Å². The van der Waals surface area contributed by atoms with Gasteiger partial charge in [-0.25, -0.2) is 0 Å². The highest BCUT2D eigenvalue weighted by molar-refractivity contribution is 6.49. The van der Waals surface area contributed by atoms with E-state index in [1.54, 1.807) is 0 Å². The molecule has 0 radical (unpaired) electrons. The molecule has 0 unspecified atom stereocenters. The van der Waals surface area contributed by atoms with E-state index >= 15 is 0 Å². The molecule has 0 spiro atoms. The Hall–Kier alpha value is -0.426. The Kier molecular flexibility index (Phi) is 5.34. The zero-order valence-electron chi connectivity index (χ0n) is 12.5. The van der Waals surface area contributed by atoms with Crippen LogP contribution >= 0.6 is 0 Å². The summed E-state index contributed by atoms with van der Waals surface area (Å²) in [6.45, 7) is 12.7. The summed E-state index contributed by atoms with van der Waals surface area (Å²) in [6, 6.07) is 8.80. The average Bonchev–Trinajstić information content (AvgIpc) is 2.23. The van der Waals surface area contributed by atoms with Crippen LogP contribution in [0.5, 0.6) is 0 Å². The Morgan fingerprint density at radius 1 is 0.667 bits per heavy atom. The lowest BCUT2D eigenvalue weighted by molar-refractivity contribution is 0.141. The van der Waals surface area contributed by atoms with Crippen LogP contribution in [0, 0.1) is 0 Å². The van der Waals surface area contributed by atoms with Crippen molar-refractivity contribution in [3.8, 4) is 0 Å². The van der Waals surface area contributed by atoms with E-state index in [1.165, 1.54) is 10.4 Å². The van der Waals surface area contributed by atoms with Crippen molar-refractivity contribution in [2.75, 3.05) is 0 Å². The van der Waals surface area contributed by atoms with Crippen LogP contribution < -0.4 is 10.4 Å². The first-order valence-corrected chi connectivity index (χ1v) is 9.08. The van der Waals surface area contributed by atoms with E-state index in [0.29, 0.717) is 0 Å². The third-order valence-corrected chi connectivity index (χ3v) is 6.00. The second-order valence-corrected chi connectivity index (χ2v) is 9.41. The molecular weight excluding hydrogens is 256 g/mol. The third-order valence-electron chi connectivity index (χ3n) is 2.37. The molecule has 0 aliphatic carbocycles. The van der Waals surface area contributed by atoms with E-state index in [1.807, 2.05) is 0 Å². The van der Waals surface area contributed by atoms with Crippen LogP contribution in [0.4, 0.5) is 0 Å². The highest BCUT2D eigenvalue weighted by Crippen LogP contribution is 2.05. The first-order chi connectivity index (χ1) is 8.16. The fourth-order valence-corrected chi connectivity index (χ4v) is 3.39. The van der Waals surface area contributed by atoms with Gasteiger partial charge in [-0.2, -0.15) is 0 Å². The molecule has 1 rings (SSSR count). The molecule has 1 aromatic carbocycles. The fraction of sp³-hybridized carbons (Fsp3) is 0.571. The minimum atomic E-state index is -0.598. The van der Waals surface area contributed by atoms with Gasteiger partial charge in [0.25, 0.3) is 0 Å². The maximum Gasteiger partial charge on any atom is 0.192 e. The number of hydrogen-bond acceptors (Lipinski definition) is 2. The molecule has 0 aromatic heterocycles. The molecule has 1 aromatic rings. The molecule has 0 N–H and O–H groups in total. The van der Waals surface area contributed by atoms with Crippen molar-refractivity contribution in [2.45, 2.75) is 52.7 Å². The predicted octanol–water partition coefficient (Wildman–Crippen LogP) is 0.735. The fourth-order valence-electron chi connectivity index (χ4n) is 1.33. The maximum absolute atomic E-state index is 5.89. The Labute approximate surface area is 116 Å². The lowest BCUT2D eigenvalue weighted by Crippen LogP contribution is -2.31. The molecule has 0 amide bonds. The van der Waals surface area contributed by atoms with Gasteiger partial charge in [0.05, 0.1) is 0 Å². The smallest absolute Gasteiger partial charge is 0.192 e. The monoisotopic (exact) mass is 282 g/mol. The molecule has 0 fully saturated rings. The Bertz CT molecular complexity index is 324. The van der Waals surface area contributed by atoms with Gasteiger partial charge in [0.15, 0.2) is 19.5 Å². The molecule has 0 aliphatic rings. The van der Waals surface area contributed by atoms with Crippen molar-refractivity contribution in [2.24, 2.45) is 0 Å². The zero-order valence-corrected chi connectivity index (χ0v) is 15.4. The minimum absolute atomic E-state index is 0.0189. The molecule has 0 saturated carbocycles. The minimum Gasteiger partial charge on any atom is -0.414 e. The second-order valence-electron chi connectivity index (χ2n) is 6.62. The van der Waals surface area contributed by atoms with Crippen molar-refractivity contribution in [1.29, 1.82) is 0 Å². The van der Waals surface area contributed by atoms with Gasteiger partial charge < -0.3 is 8.85 Å². The van der Waals surface area contributed by atoms with E-state index in [-0.39, 0.29) is 11.2 Å². The van der Waals surface area contributed by atoms with E-state index in [2.05, 4.69) is 65.8 Å². The number of hydrogen-bond donors (Lipinski definition) is 0. The summed E-state index contributed by atoms with van der Waals surface area (Å²) >= 11 is 0. The quantitative estimate of drug-likeness (QED) is 0.758. The lowest BCUT2D eigenvalue weighted by atomic mass is 10.2. The van der Waals surface area contributed by atoms with Crippen LogP contribution in [0.3, 0.4) is 0 Å². The number of rotatable bonds is 4. The molecule has 102 valence electrons. The van der Waals surface area contributed by atoms with Gasteiger partial charge in [0.2, 0.25) is 0 Å². The zero-order chi connectivity index (χ0) is 13.8. The van der Waals surface area contributed by atoms with Crippen molar-refractivity contribution in [3.63, 3.8) is 0 Å². The highest BCUT2D eigenvalue weighted by atomic mass is 28.2. The Morgan fingerprint density at radius 3 is 1.17 bits per heavy atom. The maximum atomic E-state index is 5.89. The van der Waals surface area contributed by atoms with Gasteiger partial charge in [0, 0.05) is 11.2 Å². The molecule has 0 bridgehead atoms. The highest BCUT2D eigenvalue weighted by Gasteiger charge is 2.11. The predicted molar refractivity (Wildman–Crippen MR) is 84.5 cm³/mol. The van der Waals surface area contributed by atoms with Crippen LogP contribution in [-0.2, 0) is 8.85 Å². The van der Waals surface area contributed by atoms with E-state index < -0.39 is 19.5 Å². The van der Waals surface area contributed by atoms with Gasteiger partial charge in [-0.1, -0.05) is 24.3 Å². The first kappa shape index (κ1) is 15.6. The van der Waals surface area contributed by atoms with Crippen LogP contribution in [0.25, 0.3) is 0 Å². The molecule has 0 saturated heterocycles. The van der Waals surface area contributed by atoms with Gasteiger partial charge in [-0.05, 0) is 51.9 Å². The standard InChI is InChI=1S/C14H26O2Si2/c1-13(2,3)15-17-11-7-9-12(10-8-11)18-16-14(4,5)6/h7-10H,17-18H2,1-6H3. The molecule has 0 aliphatic heterocycles. The van der Waals surface area contributed by atoms with E-state index in [9.17, 15) is 0 Å². The van der Waals surface area contributed by atoms with Crippen molar-refractivity contribution >= 4 is 29.9 Å². The van der Waals surface area contributed by atoms with Crippen LogP contribution in [0.1, 0.15) is 41.5 Å². The van der Waals surface area contributed by atoms with Gasteiger partial charge in [-0.3, -0.25) is 0 Å².